The number of fused-ring (bicyclic) bond motifs is 1. The number of hydrogen-bond acceptors (Lipinski definition) is 10. The van der Waals surface area contributed by atoms with Crippen LogP contribution in [0.15, 0.2) is 29.1 Å². The average Bonchev–Trinajstić information content (AvgIpc) is 3.50. The van der Waals surface area contributed by atoms with Gasteiger partial charge in [0.2, 0.25) is 5.91 Å². The first kappa shape index (κ1) is 31.2. The van der Waals surface area contributed by atoms with Crippen molar-refractivity contribution < 1.29 is 23.8 Å². The lowest BCUT2D eigenvalue weighted by Crippen LogP contribution is -2.62. The second kappa shape index (κ2) is 15.0. The Morgan fingerprint density at radius 3 is 2.95 bits per heavy atom. The number of aliphatic hydroxyl groups is 1. The zero-order valence-electron chi connectivity index (χ0n) is 24.7. The fourth-order valence-electron chi connectivity index (χ4n) is 6.01. The van der Waals surface area contributed by atoms with E-state index in [4.69, 9.17) is 25.5 Å². The molecule has 1 amide bonds. The summed E-state index contributed by atoms with van der Waals surface area (Å²) in [7, 11) is 3.77. The van der Waals surface area contributed by atoms with Crippen LogP contribution in [0.25, 0.3) is 0 Å². The van der Waals surface area contributed by atoms with Gasteiger partial charge in [-0.25, -0.2) is 4.98 Å². The van der Waals surface area contributed by atoms with Crippen LogP contribution in [0, 0.1) is 5.92 Å². The molecule has 3 heterocycles. The molecule has 1 aliphatic carbocycles. The van der Waals surface area contributed by atoms with Gasteiger partial charge >= 0.3 is 0 Å². The number of carbonyl (C=O) groups is 1. The molecule has 3 aliphatic rings. The number of carbonyl (C=O) groups excluding carboxylic acids is 1. The maximum absolute atomic E-state index is 13.3. The number of amides is 1. The summed E-state index contributed by atoms with van der Waals surface area (Å²) in [5, 5.41) is 21.9. The number of halogens is 1. The van der Waals surface area contributed by atoms with E-state index in [1.165, 1.54) is 25.7 Å². The van der Waals surface area contributed by atoms with E-state index < -0.39 is 6.10 Å². The molecule has 1 aromatic carbocycles. The monoisotopic (exact) mass is 604 g/mol. The number of nitrogens with zero attached hydrogens (tertiary/aromatic N) is 3. The van der Waals surface area contributed by atoms with E-state index in [0.717, 1.165) is 43.5 Å². The van der Waals surface area contributed by atoms with Gasteiger partial charge in [-0.1, -0.05) is 24.1 Å². The molecule has 2 aliphatic heterocycles. The Morgan fingerprint density at radius 2 is 2.21 bits per heavy atom. The molecular weight excluding hydrogens is 560 g/mol. The van der Waals surface area contributed by atoms with E-state index in [0.29, 0.717) is 42.3 Å². The molecule has 42 heavy (non-hydrogen) atoms. The summed E-state index contributed by atoms with van der Waals surface area (Å²) in [6, 6.07) is 4.44. The third-order valence-corrected chi connectivity index (χ3v) is 9.14. The molecule has 1 saturated carbocycles. The minimum Gasteiger partial charge on any atom is -0.484 e. The van der Waals surface area contributed by atoms with Crippen LogP contribution in [0.1, 0.15) is 49.0 Å². The number of nitrogens with one attached hydrogen (secondary N) is 3. The second-order valence-corrected chi connectivity index (χ2v) is 12.2. The first-order valence-corrected chi connectivity index (χ1v) is 15.5. The lowest BCUT2D eigenvalue weighted by atomic mass is 9.89. The fraction of sp³-hybridized carbons (Fsp3) is 0.667. The smallest absolute Gasteiger partial charge is 0.223 e. The normalized spacial score (nSPS) is 23.8. The molecule has 5 rings (SSSR count). The summed E-state index contributed by atoms with van der Waals surface area (Å²) in [5.41, 5.74) is 2.20. The maximum atomic E-state index is 13.3. The predicted octanol–water partition coefficient (Wildman–Crippen LogP) is 2.11. The number of aliphatic hydroxyl groups excluding tert-OH is 1. The maximum Gasteiger partial charge on any atom is 0.223 e. The lowest BCUT2D eigenvalue weighted by molar-refractivity contribution is -0.128. The van der Waals surface area contributed by atoms with Crippen molar-refractivity contribution >= 4 is 17.5 Å². The average molecular weight is 605 g/mol. The molecule has 1 saturated heterocycles. The van der Waals surface area contributed by atoms with Crippen LogP contribution in [0.3, 0.4) is 0 Å². The van der Waals surface area contributed by atoms with Crippen LogP contribution in [-0.4, -0.2) is 97.2 Å². The zero-order valence-corrected chi connectivity index (χ0v) is 25.4. The number of oxazole rings is 1. The summed E-state index contributed by atoms with van der Waals surface area (Å²) in [4.78, 5) is 21.6. The number of piperidine rings is 1. The van der Waals surface area contributed by atoms with Gasteiger partial charge in [0.1, 0.15) is 12.4 Å². The molecule has 232 valence electrons. The second-order valence-electron chi connectivity index (χ2n) is 11.8. The Kier molecular flexibility index (Phi) is 11.1. The number of methoxy groups -OCH3 is 1. The Labute approximate surface area is 253 Å². The Bertz CT molecular complexity index is 1150. The number of ether oxygens (including phenoxy) is 2. The van der Waals surface area contributed by atoms with Gasteiger partial charge in [-0.05, 0) is 56.3 Å². The number of benzene rings is 1. The Balaban J connectivity index is 1.09. The molecule has 2 aromatic rings. The van der Waals surface area contributed by atoms with Crippen LogP contribution >= 0.6 is 11.6 Å². The number of likely N-dealkylation sites (N-methyl/N-ethyl adjacent to an activating group) is 1. The van der Waals surface area contributed by atoms with Crippen LogP contribution in [0.4, 0.5) is 0 Å². The topological polar surface area (TPSA) is 124 Å². The van der Waals surface area contributed by atoms with Crippen molar-refractivity contribution in [2.45, 2.75) is 76.2 Å². The molecule has 3 unspecified atom stereocenters. The number of hydrogen-bond donors (Lipinski definition) is 4. The van der Waals surface area contributed by atoms with Crippen molar-refractivity contribution in [2.75, 3.05) is 46.9 Å². The number of β-amino-alcohol motifs (C(OH)–C–C–N with tert-alkyl or cyclic N) is 1. The van der Waals surface area contributed by atoms with Crippen LogP contribution in [0.5, 0.6) is 5.75 Å². The highest BCUT2D eigenvalue weighted by Crippen LogP contribution is 2.34. The molecule has 4 atom stereocenters. The van der Waals surface area contributed by atoms with E-state index in [1.807, 2.05) is 12.1 Å². The molecule has 12 heteroatoms. The minimum atomic E-state index is -0.665. The van der Waals surface area contributed by atoms with Crippen molar-refractivity contribution in [3.63, 3.8) is 0 Å². The highest BCUT2D eigenvalue weighted by molar-refractivity contribution is 6.33. The first-order valence-electron chi connectivity index (χ1n) is 15.1. The van der Waals surface area contributed by atoms with Crippen molar-refractivity contribution in [3.8, 4) is 5.75 Å². The van der Waals surface area contributed by atoms with E-state index in [2.05, 4.69) is 37.8 Å². The number of rotatable bonds is 14. The minimum absolute atomic E-state index is 0.00901. The SMILES string of the molecule is COCCN(C)C1CC(C(=O)NC[C@H](O)CN2CCc3c(ccc(OCc4cnco4)c3Cl)C2)CC(NC2CCC2)N1. The van der Waals surface area contributed by atoms with Crippen molar-refractivity contribution in [3.05, 3.63) is 46.6 Å². The molecule has 11 nitrogen and oxygen atoms in total. The van der Waals surface area contributed by atoms with E-state index in [-0.39, 0.29) is 37.3 Å². The highest BCUT2D eigenvalue weighted by atomic mass is 35.5. The molecule has 4 N–H and O–H groups in total. The van der Waals surface area contributed by atoms with Gasteiger partial charge in [0.15, 0.2) is 12.2 Å². The Morgan fingerprint density at radius 1 is 1.36 bits per heavy atom. The third-order valence-electron chi connectivity index (χ3n) is 8.73. The number of aromatic nitrogens is 1. The predicted molar refractivity (Wildman–Crippen MR) is 159 cm³/mol. The molecule has 0 radical (unpaired) electrons. The Hall–Kier alpha value is -2.25. The summed E-state index contributed by atoms with van der Waals surface area (Å²) in [6.07, 6.45) is 8.37. The van der Waals surface area contributed by atoms with Gasteiger partial charge in [0.05, 0.1) is 36.3 Å². The van der Waals surface area contributed by atoms with E-state index in [9.17, 15) is 9.90 Å². The highest BCUT2D eigenvalue weighted by Gasteiger charge is 2.36. The largest absolute Gasteiger partial charge is 0.484 e. The van der Waals surface area contributed by atoms with Crippen LogP contribution in [-0.2, 0) is 29.1 Å². The van der Waals surface area contributed by atoms with Crippen molar-refractivity contribution in [1.82, 2.24) is 30.7 Å². The molecule has 2 fully saturated rings. The van der Waals surface area contributed by atoms with Gasteiger partial charge in [0, 0.05) is 51.8 Å². The van der Waals surface area contributed by atoms with E-state index >= 15 is 0 Å². The first-order chi connectivity index (χ1) is 20.4. The van der Waals surface area contributed by atoms with Gasteiger partial charge in [-0.15, -0.1) is 0 Å². The van der Waals surface area contributed by atoms with Crippen LogP contribution in [0.2, 0.25) is 5.02 Å². The summed E-state index contributed by atoms with van der Waals surface area (Å²) in [6.45, 7) is 3.85. The summed E-state index contributed by atoms with van der Waals surface area (Å²) in [5.74, 6) is 1.14. The molecule has 0 spiro atoms. The third kappa shape index (κ3) is 8.22. The van der Waals surface area contributed by atoms with Gasteiger partial charge < -0.3 is 24.3 Å². The summed E-state index contributed by atoms with van der Waals surface area (Å²) >= 11 is 6.68. The zero-order chi connectivity index (χ0) is 29.5. The van der Waals surface area contributed by atoms with Crippen LogP contribution < -0.4 is 20.7 Å². The van der Waals surface area contributed by atoms with E-state index in [1.54, 1.807) is 13.3 Å². The summed E-state index contributed by atoms with van der Waals surface area (Å²) < 4.78 is 16.3. The van der Waals surface area contributed by atoms with Gasteiger partial charge in [0.25, 0.3) is 0 Å². The van der Waals surface area contributed by atoms with Gasteiger partial charge in [-0.3, -0.25) is 25.2 Å². The molecular formula is C30H45ClN6O5. The molecule has 1 aromatic heterocycles. The van der Waals surface area contributed by atoms with Crippen molar-refractivity contribution in [2.24, 2.45) is 5.92 Å². The van der Waals surface area contributed by atoms with Gasteiger partial charge in [-0.2, -0.15) is 0 Å². The standard InChI is InChI=1S/C30H45ClN6O5/c1-36(10-11-40-2)28-13-21(12-27(35-28)34-22-4-3-5-22)30(39)33-14-23(38)17-37-9-8-25-20(16-37)6-7-26(29(25)31)41-18-24-15-32-19-42-24/h6-7,15,19,21-23,27-28,34-35,38H,3-5,8-14,16-18H2,1-2H3,(H,33,39)/t21?,23-,27?,28?/m0/s1. The van der Waals surface area contributed by atoms with Crippen molar-refractivity contribution in [1.29, 1.82) is 0 Å². The fourth-order valence-corrected chi connectivity index (χ4v) is 6.34. The quantitative estimate of drug-likeness (QED) is 0.255. The molecule has 0 bridgehead atoms. The lowest BCUT2D eigenvalue weighted by Gasteiger charge is -2.42.